The Morgan fingerprint density at radius 2 is 1.33 bits per heavy atom. The molecule has 24 heavy (non-hydrogen) atoms. The van der Waals surface area contributed by atoms with Crippen molar-refractivity contribution in [1.82, 2.24) is 0 Å². The summed E-state index contributed by atoms with van der Waals surface area (Å²) < 4.78 is 0. The van der Waals surface area contributed by atoms with Gasteiger partial charge in [0.15, 0.2) is 0 Å². The zero-order valence-electron chi connectivity index (χ0n) is 14.0. The fourth-order valence-electron chi connectivity index (χ4n) is 3.96. The topological polar surface area (TPSA) is 20.2 Å². The molecule has 1 N–H and O–H groups in total. The van der Waals surface area contributed by atoms with Crippen molar-refractivity contribution in [2.75, 3.05) is 0 Å². The molecule has 2 aromatic rings. The third kappa shape index (κ3) is 3.88. The third-order valence-electron chi connectivity index (χ3n) is 5.52. The normalized spacial score (nSPS) is 17.2. The lowest BCUT2D eigenvalue weighted by Gasteiger charge is -2.33. The van der Waals surface area contributed by atoms with E-state index in [1.165, 1.54) is 23.2 Å². The van der Waals surface area contributed by atoms with E-state index < -0.39 is 8.07 Å². The van der Waals surface area contributed by atoms with E-state index in [0.717, 1.165) is 28.9 Å². The van der Waals surface area contributed by atoms with Crippen LogP contribution in [-0.4, -0.2) is 19.3 Å². The highest BCUT2D eigenvalue weighted by atomic mass is 35.5. The SMILES string of the molecule is C[Si](C[C@@H](O)C1CCCC1)(c1ccc(Cl)cc1)c1ccc(Cl)cc1. The van der Waals surface area contributed by atoms with Crippen molar-refractivity contribution < 1.29 is 5.11 Å². The number of aliphatic hydroxyl groups is 1. The molecule has 0 unspecified atom stereocenters. The Hall–Kier alpha value is -0.803. The summed E-state index contributed by atoms with van der Waals surface area (Å²) in [7, 11) is -2.05. The lowest BCUT2D eigenvalue weighted by atomic mass is 10.0. The molecule has 1 aliphatic carbocycles. The summed E-state index contributed by atoms with van der Waals surface area (Å²) in [5, 5.41) is 15.0. The van der Waals surface area contributed by atoms with Gasteiger partial charge in [0.2, 0.25) is 0 Å². The van der Waals surface area contributed by atoms with Crippen LogP contribution in [0.2, 0.25) is 22.6 Å². The molecule has 0 heterocycles. The van der Waals surface area contributed by atoms with Crippen LogP contribution in [0, 0.1) is 5.92 Å². The van der Waals surface area contributed by atoms with E-state index in [1.54, 1.807) is 0 Å². The summed E-state index contributed by atoms with van der Waals surface area (Å²) in [6.45, 7) is 2.34. The second-order valence-corrected chi connectivity index (χ2v) is 12.3. The van der Waals surface area contributed by atoms with Crippen molar-refractivity contribution in [1.29, 1.82) is 0 Å². The van der Waals surface area contributed by atoms with Crippen LogP contribution in [-0.2, 0) is 0 Å². The van der Waals surface area contributed by atoms with E-state index in [1.807, 2.05) is 24.3 Å². The standard InChI is InChI=1S/C20H24Cl2OSi/c1-24(18-10-6-16(21)7-11-18,19-12-8-17(22)9-13-19)14-20(23)15-4-2-3-5-15/h6-13,15,20,23H,2-5,14H2,1H3/t20-/m1/s1. The van der Waals surface area contributed by atoms with Gasteiger partial charge in [-0.2, -0.15) is 0 Å². The van der Waals surface area contributed by atoms with Gasteiger partial charge >= 0.3 is 0 Å². The number of hydrogen-bond donors (Lipinski definition) is 1. The zero-order valence-corrected chi connectivity index (χ0v) is 16.5. The fourth-order valence-corrected chi connectivity index (χ4v) is 8.00. The molecule has 0 radical (unpaired) electrons. The number of aliphatic hydroxyl groups excluding tert-OH is 1. The molecule has 1 aliphatic rings. The maximum Gasteiger partial charge on any atom is 0.117 e. The fraction of sp³-hybridized carbons (Fsp3) is 0.400. The first-order valence-electron chi connectivity index (χ1n) is 8.69. The Morgan fingerprint density at radius 1 is 0.917 bits per heavy atom. The van der Waals surface area contributed by atoms with Crippen LogP contribution in [0.1, 0.15) is 25.7 Å². The summed E-state index contributed by atoms with van der Waals surface area (Å²) in [6.07, 6.45) is 4.60. The zero-order chi connectivity index (χ0) is 17.2. The first kappa shape index (κ1) is 18.0. The number of hydrogen-bond acceptors (Lipinski definition) is 1. The molecule has 128 valence electrons. The molecular formula is C20H24Cl2OSi. The summed E-state index contributed by atoms with van der Waals surface area (Å²) >= 11 is 12.2. The molecule has 0 saturated heterocycles. The molecule has 1 saturated carbocycles. The molecule has 1 nitrogen and oxygen atoms in total. The van der Waals surface area contributed by atoms with Crippen LogP contribution in [0.3, 0.4) is 0 Å². The molecule has 4 heteroatoms. The van der Waals surface area contributed by atoms with E-state index in [0.29, 0.717) is 5.92 Å². The van der Waals surface area contributed by atoms with Crippen molar-refractivity contribution >= 4 is 41.6 Å². The van der Waals surface area contributed by atoms with Gasteiger partial charge in [0.1, 0.15) is 8.07 Å². The van der Waals surface area contributed by atoms with Crippen LogP contribution in [0.25, 0.3) is 0 Å². The van der Waals surface area contributed by atoms with Gasteiger partial charge in [-0.05, 0) is 49.1 Å². The Kier molecular flexibility index (Phi) is 5.71. The van der Waals surface area contributed by atoms with E-state index in [-0.39, 0.29) is 6.10 Å². The highest BCUT2D eigenvalue weighted by Gasteiger charge is 2.37. The van der Waals surface area contributed by atoms with Gasteiger partial charge in [-0.15, -0.1) is 0 Å². The Morgan fingerprint density at radius 3 is 1.75 bits per heavy atom. The number of rotatable bonds is 5. The van der Waals surface area contributed by atoms with Gasteiger partial charge in [0.25, 0.3) is 0 Å². The Labute approximate surface area is 155 Å². The average molecular weight is 379 g/mol. The van der Waals surface area contributed by atoms with Crippen molar-refractivity contribution in [2.45, 2.75) is 44.4 Å². The van der Waals surface area contributed by atoms with Crippen LogP contribution in [0.4, 0.5) is 0 Å². The van der Waals surface area contributed by atoms with Crippen LogP contribution >= 0.6 is 23.2 Å². The van der Waals surface area contributed by atoms with Gasteiger partial charge in [-0.25, -0.2) is 0 Å². The molecule has 0 amide bonds. The summed E-state index contributed by atoms with van der Waals surface area (Å²) in [4.78, 5) is 0. The molecule has 3 rings (SSSR count). The smallest absolute Gasteiger partial charge is 0.117 e. The monoisotopic (exact) mass is 378 g/mol. The van der Waals surface area contributed by atoms with Crippen LogP contribution in [0.5, 0.6) is 0 Å². The maximum atomic E-state index is 10.9. The summed E-state index contributed by atoms with van der Waals surface area (Å²) in [5.41, 5.74) is 0. The van der Waals surface area contributed by atoms with Crippen LogP contribution < -0.4 is 10.4 Å². The van der Waals surface area contributed by atoms with Gasteiger partial charge in [-0.1, -0.05) is 77.2 Å². The molecule has 0 bridgehead atoms. The molecule has 1 fully saturated rings. The quantitative estimate of drug-likeness (QED) is 0.745. The van der Waals surface area contributed by atoms with E-state index in [2.05, 4.69) is 30.8 Å². The average Bonchev–Trinajstić information content (AvgIpc) is 3.10. The van der Waals surface area contributed by atoms with Crippen molar-refractivity contribution in [3.05, 3.63) is 58.6 Å². The highest BCUT2D eigenvalue weighted by molar-refractivity contribution is 7.01. The second-order valence-electron chi connectivity index (χ2n) is 7.16. The predicted octanol–water partition coefficient (Wildman–Crippen LogP) is 4.74. The second kappa shape index (κ2) is 7.61. The highest BCUT2D eigenvalue weighted by Crippen LogP contribution is 2.31. The van der Waals surface area contributed by atoms with Gasteiger partial charge in [0, 0.05) is 10.0 Å². The third-order valence-corrected chi connectivity index (χ3v) is 10.5. The summed E-state index contributed by atoms with van der Waals surface area (Å²) in [5.74, 6) is 0.455. The molecule has 0 aliphatic heterocycles. The predicted molar refractivity (Wildman–Crippen MR) is 107 cm³/mol. The van der Waals surface area contributed by atoms with Crippen molar-refractivity contribution in [3.8, 4) is 0 Å². The Bertz CT molecular complexity index is 618. The van der Waals surface area contributed by atoms with E-state index >= 15 is 0 Å². The molecule has 0 aromatic heterocycles. The van der Waals surface area contributed by atoms with Gasteiger partial charge < -0.3 is 5.11 Å². The van der Waals surface area contributed by atoms with Crippen molar-refractivity contribution in [2.24, 2.45) is 5.92 Å². The number of benzene rings is 2. The van der Waals surface area contributed by atoms with Gasteiger partial charge in [0.05, 0.1) is 6.10 Å². The van der Waals surface area contributed by atoms with Crippen LogP contribution in [0.15, 0.2) is 48.5 Å². The van der Waals surface area contributed by atoms with E-state index in [4.69, 9.17) is 23.2 Å². The maximum absolute atomic E-state index is 10.9. The first-order chi connectivity index (χ1) is 11.5. The minimum Gasteiger partial charge on any atom is -0.393 e. The van der Waals surface area contributed by atoms with Gasteiger partial charge in [-0.3, -0.25) is 0 Å². The Balaban J connectivity index is 1.96. The molecule has 1 atom stereocenters. The largest absolute Gasteiger partial charge is 0.393 e. The minimum absolute atomic E-state index is 0.226. The minimum atomic E-state index is -2.05. The lowest BCUT2D eigenvalue weighted by Crippen LogP contribution is -2.57. The molecular weight excluding hydrogens is 355 g/mol. The van der Waals surface area contributed by atoms with Crippen molar-refractivity contribution in [3.63, 3.8) is 0 Å². The first-order valence-corrected chi connectivity index (χ1v) is 12.2. The van der Waals surface area contributed by atoms with E-state index in [9.17, 15) is 5.11 Å². The lowest BCUT2D eigenvalue weighted by molar-refractivity contribution is 0.128. The molecule has 0 spiro atoms. The number of halogens is 2. The molecule has 2 aromatic carbocycles. The summed E-state index contributed by atoms with van der Waals surface area (Å²) in [6, 6.07) is 17.2.